The first-order valence-electron chi connectivity index (χ1n) is 4.94. The minimum atomic E-state index is 0.372. The first-order chi connectivity index (χ1) is 6.15. The Morgan fingerprint density at radius 3 is 2.46 bits per heavy atom. The molecular weight excluding hydrogens is 160 g/mol. The van der Waals surface area contributed by atoms with Gasteiger partial charge in [0.15, 0.2) is 0 Å². The van der Waals surface area contributed by atoms with Crippen LogP contribution in [0.25, 0.3) is 0 Å². The second-order valence-corrected chi connectivity index (χ2v) is 3.85. The van der Waals surface area contributed by atoms with Gasteiger partial charge in [-0.3, -0.25) is 0 Å². The highest BCUT2D eigenvalue weighted by molar-refractivity contribution is 5.29. The number of phenolic OH excluding ortho intramolecular Hbond substituents is 1. The average molecular weight is 178 g/mol. The normalized spacial score (nSPS) is 13.2. The van der Waals surface area contributed by atoms with E-state index >= 15 is 0 Å². The van der Waals surface area contributed by atoms with Crippen molar-refractivity contribution in [2.24, 2.45) is 5.92 Å². The van der Waals surface area contributed by atoms with Crippen LogP contribution in [0.4, 0.5) is 0 Å². The van der Waals surface area contributed by atoms with Gasteiger partial charge in [-0.15, -0.1) is 0 Å². The highest BCUT2D eigenvalue weighted by atomic mass is 16.3. The Balaban J connectivity index is 2.91. The molecule has 0 aromatic heterocycles. The fraction of sp³-hybridized carbons (Fsp3) is 0.500. The van der Waals surface area contributed by atoms with Crippen molar-refractivity contribution in [2.45, 2.75) is 33.1 Å². The van der Waals surface area contributed by atoms with Gasteiger partial charge >= 0.3 is 0 Å². The molecule has 1 aromatic rings. The molecule has 1 N–H and O–H groups in total. The molecule has 0 aliphatic rings. The summed E-state index contributed by atoms with van der Waals surface area (Å²) in [5.41, 5.74) is 1.25. The predicted molar refractivity (Wildman–Crippen MR) is 56.0 cm³/mol. The number of benzene rings is 1. The van der Waals surface area contributed by atoms with E-state index in [-0.39, 0.29) is 0 Å². The minimum Gasteiger partial charge on any atom is -0.508 e. The first-order valence-corrected chi connectivity index (χ1v) is 4.94. The summed E-state index contributed by atoms with van der Waals surface area (Å²) in [7, 11) is 0. The van der Waals surface area contributed by atoms with Crippen molar-refractivity contribution in [3.05, 3.63) is 29.8 Å². The van der Waals surface area contributed by atoms with Gasteiger partial charge in [0.1, 0.15) is 5.75 Å². The molecule has 0 saturated heterocycles. The van der Waals surface area contributed by atoms with Crippen molar-refractivity contribution in [1.82, 2.24) is 0 Å². The predicted octanol–water partition coefficient (Wildman–Crippen LogP) is 3.54. The molecule has 1 heteroatoms. The van der Waals surface area contributed by atoms with Gasteiger partial charge in [-0.1, -0.05) is 32.9 Å². The molecule has 0 aliphatic carbocycles. The summed E-state index contributed by atoms with van der Waals surface area (Å²) in [5.74, 6) is 1.57. The van der Waals surface area contributed by atoms with Gasteiger partial charge in [0.05, 0.1) is 0 Å². The van der Waals surface area contributed by atoms with E-state index in [1.807, 2.05) is 12.1 Å². The number of hydrogen-bond acceptors (Lipinski definition) is 1. The van der Waals surface area contributed by atoms with Crippen molar-refractivity contribution >= 4 is 0 Å². The average Bonchev–Trinajstić information content (AvgIpc) is 2.04. The van der Waals surface area contributed by atoms with Gasteiger partial charge in [-0.25, -0.2) is 0 Å². The van der Waals surface area contributed by atoms with Crippen LogP contribution in [0.15, 0.2) is 24.3 Å². The molecule has 0 amide bonds. The fourth-order valence-corrected chi connectivity index (χ4v) is 1.85. The van der Waals surface area contributed by atoms with E-state index in [4.69, 9.17) is 0 Å². The van der Waals surface area contributed by atoms with Crippen LogP contribution in [0.2, 0.25) is 0 Å². The zero-order valence-electron chi connectivity index (χ0n) is 8.62. The van der Waals surface area contributed by atoms with Gasteiger partial charge in [0.2, 0.25) is 0 Å². The Morgan fingerprint density at radius 1 is 1.31 bits per heavy atom. The van der Waals surface area contributed by atoms with Gasteiger partial charge in [-0.2, -0.15) is 0 Å². The van der Waals surface area contributed by atoms with E-state index in [1.165, 1.54) is 5.56 Å². The lowest BCUT2D eigenvalue weighted by Gasteiger charge is -2.19. The summed E-state index contributed by atoms with van der Waals surface area (Å²) in [6, 6.07) is 7.59. The Kier molecular flexibility index (Phi) is 3.35. The maximum absolute atomic E-state index is 9.34. The smallest absolute Gasteiger partial charge is 0.115 e. The quantitative estimate of drug-likeness (QED) is 0.750. The van der Waals surface area contributed by atoms with Crippen molar-refractivity contribution in [3.63, 3.8) is 0 Å². The Bertz CT molecular complexity index is 266. The van der Waals surface area contributed by atoms with E-state index in [2.05, 4.69) is 26.8 Å². The molecule has 0 fully saturated rings. The molecule has 1 rings (SSSR count). The van der Waals surface area contributed by atoms with Crippen LogP contribution < -0.4 is 0 Å². The lowest BCUT2D eigenvalue weighted by molar-refractivity contribution is 0.462. The van der Waals surface area contributed by atoms with E-state index in [9.17, 15) is 5.11 Å². The zero-order valence-corrected chi connectivity index (χ0v) is 8.62. The molecule has 1 aromatic carbocycles. The third-order valence-electron chi connectivity index (χ3n) is 2.54. The SMILES string of the molecule is CCC(c1cccc(O)c1)C(C)C. The number of phenols is 1. The van der Waals surface area contributed by atoms with Crippen LogP contribution in [-0.2, 0) is 0 Å². The van der Waals surface area contributed by atoms with Gasteiger partial charge < -0.3 is 5.11 Å². The van der Waals surface area contributed by atoms with E-state index < -0.39 is 0 Å². The van der Waals surface area contributed by atoms with Crippen molar-refractivity contribution in [1.29, 1.82) is 0 Å². The molecule has 72 valence electrons. The lowest BCUT2D eigenvalue weighted by Crippen LogP contribution is -2.04. The summed E-state index contributed by atoms with van der Waals surface area (Å²) >= 11 is 0. The van der Waals surface area contributed by atoms with E-state index in [0.717, 1.165) is 6.42 Å². The topological polar surface area (TPSA) is 20.2 Å². The van der Waals surface area contributed by atoms with Crippen molar-refractivity contribution in [2.75, 3.05) is 0 Å². The number of rotatable bonds is 3. The van der Waals surface area contributed by atoms with Crippen LogP contribution >= 0.6 is 0 Å². The zero-order chi connectivity index (χ0) is 9.84. The maximum Gasteiger partial charge on any atom is 0.115 e. The second-order valence-electron chi connectivity index (χ2n) is 3.85. The summed E-state index contributed by atoms with van der Waals surface area (Å²) in [6.07, 6.45) is 1.13. The molecule has 13 heavy (non-hydrogen) atoms. The van der Waals surface area contributed by atoms with E-state index in [1.54, 1.807) is 6.07 Å². The van der Waals surface area contributed by atoms with Crippen molar-refractivity contribution in [3.8, 4) is 5.75 Å². The first kappa shape index (κ1) is 10.1. The van der Waals surface area contributed by atoms with Crippen LogP contribution in [-0.4, -0.2) is 5.11 Å². The fourth-order valence-electron chi connectivity index (χ4n) is 1.85. The molecule has 0 spiro atoms. The van der Waals surface area contributed by atoms with Crippen molar-refractivity contribution < 1.29 is 5.11 Å². The largest absolute Gasteiger partial charge is 0.508 e. The highest BCUT2D eigenvalue weighted by Crippen LogP contribution is 2.29. The molecular formula is C12H18O. The van der Waals surface area contributed by atoms with Gasteiger partial charge in [-0.05, 0) is 36.0 Å². The van der Waals surface area contributed by atoms with Crippen LogP contribution in [0.5, 0.6) is 5.75 Å². The molecule has 0 saturated carbocycles. The van der Waals surface area contributed by atoms with Crippen LogP contribution in [0.3, 0.4) is 0 Å². The molecule has 0 bridgehead atoms. The van der Waals surface area contributed by atoms with Gasteiger partial charge in [0, 0.05) is 0 Å². The summed E-state index contributed by atoms with van der Waals surface area (Å²) in [6.45, 7) is 6.63. The summed E-state index contributed by atoms with van der Waals surface area (Å²) in [4.78, 5) is 0. The number of hydrogen-bond donors (Lipinski definition) is 1. The molecule has 1 unspecified atom stereocenters. The third-order valence-corrected chi connectivity index (χ3v) is 2.54. The maximum atomic E-state index is 9.34. The molecule has 0 radical (unpaired) electrons. The molecule has 1 atom stereocenters. The number of aromatic hydroxyl groups is 1. The monoisotopic (exact) mass is 178 g/mol. The van der Waals surface area contributed by atoms with Crippen LogP contribution in [0, 0.1) is 5.92 Å². The Labute approximate surface area is 80.4 Å². The standard InChI is InChI=1S/C12H18O/c1-4-12(9(2)3)10-6-5-7-11(13)8-10/h5-9,12-13H,4H2,1-3H3. The van der Waals surface area contributed by atoms with Gasteiger partial charge in [0.25, 0.3) is 0 Å². The van der Waals surface area contributed by atoms with Crippen LogP contribution in [0.1, 0.15) is 38.7 Å². The lowest BCUT2D eigenvalue weighted by atomic mass is 9.86. The molecule has 0 heterocycles. The summed E-state index contributed by atoms with van der Waals surface area (Å²) in [5, 5.41) is 9.34. The highest BCUT2D eigenvalue weighted by Gasteiger charge is 2.13. The van der Waals surface area contributed by atoms with E-state index in [0.29, 0.717) is 17.6 Å². The molecule has 1 nitrogen and oxygen atoms in total. The Hall–Kier alpha value is -0.980. The second kappa shape index (κ2) is 4.31. The minimum absolute atomic E-state index is 0.372. The Morgan fingerprint density at radius 2 is 2.00 bits per heavy atom. The summed E-state index contributed by atoms with van der Waals surface area (Å²) < 4.78 is 0. The molecule has 0 aliphatic heterocycles. The third kappa shape index (κ3) is 2.48.